The smallest absolute Gasteiger partial charge is 0.212 e. The molecule has 0 N–H and O–H groups in total. The van der Waals surface area contributed by atoms with Gasteiger partial charge in [-0.2, -0.15) is 4.31 Å². The van der Waals surface area contributed by atoms with Crippen LogP contribution in [0.5, 0.6) is 0 Å². The van der Waals surface area contributed by atoms with Crippen LogP contribution >= 0.6 is 0 Å². The average molecular weight is 205 g/mol. The van der Waals surface area contributed by atoms with Crippen LogP contribution in [-0.4, -0.2) is 30.6 Å². The minimum Gasteiger partial charge on any atom is -0.212 e. The second-order valence-electron chi connectivity index (χ2n) is 4.92. The zero-order valence-corrected chi connectivity index (χ0v) is 9.69. The lowest BCUT2D eigenvalue weighted by Crippen LogP contribution is -2.50. The van der Waals surface area contributed by atoms with Crippen molar-refractivity contribution in [1.82, 2.24) is 4.31 Å². The van der Waals surface area contributed by atoms with Gasteiger partial charge in [0.15, 0.2) is 0 Å². The molecule has 0 saturated carbocycles. The molecular formula is C9H19NO2S. The Balaban J connectivity index is 2.90. The van der Waals surface area contributed by atoms with Gasteiger partial charge in [0.1, 0.15) is 0 Å². The molecule has 78 valence electrons. The van der Waals surface area contributed by atoms with E-state index in [-0.39, 0.29) is 5.54 Å². The van der Waals surface area contributed by atoms with Gasteiger partial charge in [0, 0.05) is 12.1 Å². The summed E-state index contributed by atoms with van der Waals surface area (Å²) >= 11 is 0. The minimum atomic E-state index is -3.00. The highest BCUT2D eigenvalue weighted by atomic mass is 32.2. The normalized spacial score (nSPS) is 30.3. The molecular weight excluding hydrogens is 186 g/mol. The van der Waals surface area contributed by atoms with E-state index >= 15 is 0 Å². The third-order valence-electron chi connectivity index (χ3n) is 2.40. The number of sulfonamides is 1. The summed E-state index contributed by atoms with van der Waals surface area (Å²) in [5.41, 5.74) is -0.265. The highest BCUT2D eigenvalue weighted by Crippen LogP contribution is 2.26. The van der Waals surface area contributed by atoms with Crippen LogP contribution in [0.2, 0.25) is 0 Å². The maximum Gasteiger partial charge on any atom is 0.214 e. The molecule has 3 nitrogen and oxygen atoms in total. The molecule has 0 radical (unpaired) electrons. The molecule has 0 aliphatic carbocycles. The Hall–Kier alpha value is -0.0900. The fourth-order valence-electron chi connectivity index (χ4n) is 1.76. The zero-order valence-electron chi connectivity index (χ0n) is 8.87. The molecule has 0 aromatic heterocycles. The van der Waals surface area contributed by atoms with E-state index in [9.17, 15) is 8.42 Å². The molecule has 1 rings (SSSR count). The van der Waals surface area contributed by atoms with Gasteiger partial charge < -0.3 is 0 Å². The molecule has 1 fully saturated rings. The van der Waals surface area contributed by atoms with Crippen LogP contribution in [0, 0.1) is 5.92 Å². The van der Waals surface area contributed by atoms with E-state index in [2.05, 4.69) is 0 Å². The molecule has 0 spiro atoms. The number of hydrogen-bond acceptors (Lipinski definition) is 2. The van der Waals surface area contributed by atoms with Crippen molar-refractivity contribution in [2.45, 2.75) is 39.7 Å². The molecule has 0 aromatic rings. The number of hydrogen-bond donors (Lipinski definition) is 0. The molecule has 0 aromatic carbocycles. The van der Waals surface area contributed by atoms with E-state index in [1.165, 1.54) is 0 Å². The van der Waals surface area contributed by atoms with Crippen molar-refractivity contribution < 1.29 is 8.42 Å². The standard InChI is InChI=1S/C9H19NO2S/c1-8-5-6-10(9(2,3)4)13(11,12)7-8/h8H,5-7H2,1-4H3/t8-/m1/s1. The summed E-state index contributed by atoms with van der Waals surface area (Å²) in [7, 11) is -3.00. The Kier molecular flexibility index (Phi) is 2.74. The molecule has 0 unspecified atom stereocenters. The van der Waals surface area contributed by atoms with Gasteiger partial charge >= 0.3 is 0 Å². The third kappa shape index (κ3) is 2.44. The van der Waals surface area contributed by atoms with Gasteiger partial charge in [-0.05, 0) is 33.1 Å². The minimum absolute atomic E-state index is 0.265. The van der Waals surface area contributed by atoms with E-state index < -0.39 is 10.0 Å². The summed E-state index contributed by atoms with van der Waals surface area (Å²) in [4.78, 5) is 0. The van der Waals surface area contributed by atoms with Gasteiger partial charge in [-0.15, -0.1) is 0 Å². The van der Waals surface area contributed by atoms with E-state index in [0.717, 1.165) is 6.42 Å². The van der Waals surface area contributed by atoms with Crippen molar-refractivity contribution in [3.05, 3.63) is 0 Å². The summed E-state index contributed by atoms with van der Waals surface area (Å²) in [6.45, 7) is 8.51. The lowest BCUT2D eigenvalue weighted by atomic mass is 10.1. The highest BCUT2D eigenvalue weighted by Gasteiger charge is 2.36. The first kappa shape index (κ1) is 11.0. The predicted molar refractivity (Wildman–Crippen MR) is 54.0 cm³/mol. The maximum absolute atomic E-state index is 11.8. The summed E-state index contributed by atoms with van der Waals surface area (Å²) in [5.74, 6) is 0.619. The second kappa shape index (κ2) is 3.24. The van der Waals surface area contributed by atoms with Crippen molar-refractivity contribution in [2.75, 3.05) is 12.3 Å². The fraction of sp³-hybridized carbons (Fsp3) is 1.00. The Morgan fingerprint density at radius 3 is 2.23 bits per heavy atom. The molecule has 0 amide bonds. The average Bonchev–Trinajstić information content (AvgIpc) is 1.79. The molecule has 1 aliphatic rings. The first-order chi connectivity index (χ1) is 5.73. The van der Waals surface area contributed by atoms with Crippen LogP contribution < -0.4 is 0 Å². The topological polar surface area (TPSA) is 37.4 Å². The van der Waals surface area contributed by atoms with Gasteiger partial charge in [0.05, 0.1) is 5.75 Å². The first-order valence-electron chi connectivity index (χ1n) is 4.74. The van der Waals surface area contributed by atoms with E-state index in [1.807, 2.05) is 27.7 Å². The summed E-state index contributed by atoms with van der Waals surface area (Å²) in [6, 6.07) is 0. The quantitative estimate of drug-likeness (QED) is 0.600. The van der Waals surface area contributed by atoms with Crippen LogP contribution in [-0.2, 0) is 10.0 Å². The van der Waals surface area contributed by atoms with Crippen LogP contribution in [0.3, 0.4) is 0 Å². The first-order valence-corrected chi connectivity index (χ1v) is 6.35. The molecule has 1 aliphatic heterocycles. The maximum atomic E-state index is 11.8. The Labute approximate surface area is 81.2 Å². The van der Waals surface area contributed by atoms with Crippen molar-refractivity contribution in [2.24, 2.45) is 5.92 Å². The van der Waals surface area contributed by atoms with Crippen molar-refractivity contribution >= 4 is 10.0 Å². The van der Waals surface area contributed by atoms with Crippen molar-refractivity contribution in [3.63, 3.8) is 0 Å². The van der Waals surface area contributed by atoms with E-state index in [0.29, 0.717) is 18.2 Å². The zero-order chi connectivity index (χ0) is 10.3. The molecule has 1 heterocycles. The van der Waals surface area contributed by atoms with E-state index in [4.69, 9.17) is 0 Å². The van der Waals surface area contributed by atoms with Gasteiger partial charge in [0.25, 0.3) is 0 Å². The SMILES string of the molecule is C[C@@H]1CCN(C(C)(C)C)S(=O)(=O)C1. The largest absolute Gasteiger partial charge is 0.214 e. The summed E-state index contributed by atoms with van der Waals surface area (Å²) in [6.07, 6.45) is 0.983. The molecule has 0 bridgehead atoms. The lowest BCUT2D eigenvalue weighted by molar-refractivity contribution is 0.223. The van der Waals surface area contributed by atoms with Crippen LogP contribution in [0.4, 0.5) is 0 Å². The Bertz CT molecular complexity index is 276. The van der Waals surface area contributed by atoms with Crippen LogP contribution in [0.15, 0.2) is 0 Å². The predicted octanol–water partition coefficient (Wildman–Crippen LogP) is 1.46. The number of nitrogens with zero attached hydrogens (tertiary/aromatic N) is 1. The molecule has 1 atom stereocenters. The Morgan fingerprint density at radius 2 is 1.85 bits per heavy atom. The monoisotopic (exact) mass is 205 g/mol. The fourth-order valence-corrected chi connectivity index (χ4v) is 4.05. The summed E-state index contributed by atoms with van der Waals surface area (Å²) < 4.78 is 25.2. The third-order valence-corrected chi connectivity index (χ3v) is 4.80. The molecule has 4 heteroatoms. The lowest BCUT2D eigenvalue weighted by Gasteiger charge is -2.38. The van der Waals surface area contributed by atoms with Gasteiger partial charge in [-0.25, -0.2) is 8.42 Å². The Morgan fingerprint density at radius 1 is 1.31 bits per heavy atom. The van der Waals surface area contributed by atoms with E-state index in [1.54, 1.807) is 4.31 Å². The summed E-state index contributed by atoms with van der Waals surface area (Å²) in [5, 5.41) is 0. The second-order valence-corrected chi connectivity index (χ2v) is 6.85. The van der Waals surface area contributed by atoms with Gasteiger partial charge in [-0.3, -0.25) is 0 Å². The van der Waals surface area contributed by atoms with Crippen molar-refractivity contribution in [1.29, 1.82) is 0 Å². The molecule has 13 heavy (non-hydrogen) atoms. The number of rotatable bonds is 0. The molecule has 1 saturated heterocycles. The van der Waals surface area contributed by atoms with Gasteiger partial charge in [-0.1, -0.05) is 6.92 Å². The van der Waals surface area contributed by atoms with Crippen LogP contribution in [0.1, 0.15) is 34.1 Å². The van der Waals surface area contributed by atoms with Crippen LogP contribution in [0.25, 0.3) is 0 Å². The van der Waals surface area contributed by atoms with Crippen molar-refractivity contribution in [3.8, 4) is 0 Å². The highest BCUT2D eigenvalue weighted by molar-refractivity contribution is 7.89. The van der Waals surface area contributed by atoms with Gasteiger partial charge in [0.2, 0.25) is 10.0 Å².